The molecule has 0 aliphatic heterocycles. The quantitative estimate of drug-likeness (QED) is 0.165. The van der Waals surface area contributed by atoms with Crippen LogP contribution in [0.25, 0.3) is 247 Å². The van der Waals surface area contributed by atoms with Gasteiger partial charge in [-0.3, -0.25) is 0 Å². The molecule has 0 amide bonds. The van der Waals surface area contributed by atoms with Gasteiger partial charge in [0.25, 0.3) is 0 Å². The normalized spacial score (nSPS) is 12.1. The third kappa shape index (κ3) is 10.8. The number of para-hydroxylation sites is 7. The van der Waals surface area contributed by atoms with Crippen LogP contribution in [0.5, 0.6) is 0 Å². The van der Waals surface area contributed by atoms with E-state index in [2.05, 4.69) is 365 Å². The second-order valence-corrected chi connectivity index (χ2v) is 33.3. The van der Waals surface area contributed by atoms with Gasteiger partial charge in [-0.25, -0.2) is 0 Å². The van der Waals surface area contributed by atoms with Crippen molar-refractivity contribution < 1.29 is 26.5 Å². The number of aromatic nitrogens is 3. The second kappa shape index (κ2) is 26.8. The van der Waals surface area contributed by atoms with E-state index in [-0.39, 0.29) is 0 Å². The number of aryl methyl sites for hydroxylation is 6. The van der Waals surface area contributed by atoms with Gasteiger partial charge < -0.3 is 40.2 Å². The molecule has 27 rings (SSSR count). The summed E-state index contributed by atoms with van der Waals surface area (Å²) < 4.78 is 46.0. The molecule has 0 radical (unpaired) electrons. The highest BCUT2D eigenvalue weighted by Gasteiger charge is 2.27. The smallest absolute Gasteiger partial charge is 0.159 e. The number of furan rings is 6. The Morgan fingerprint density at radius 2 is 0.447 bits per heavy atom. The van der Waals surface area contributed by atoms with Gasteiger partial charge in [0.2, 0.25) is 0 Å². The molecule has 9 heteroatoms. The highest BCUT2D eigenvalue weighted by molar-refractivity contribution is 6.23. The van der Waals surface area contributed by atoms with E-state index in [0.29, 0.717) is 0 Å². The highest BCUT2D eigenvalue weighted by Crippen LogP contribution is 2.49. The van der Waals surface area contributed by atoms with Crippen molar-refractivity contribution in [3.63, 3.8) is 0 Å². The Hall–Kier alpha value is -15.8. The van der Waals surface area contributed by atoms with E-state index in [0.717, 1.165) is 182 Å². The summed E-state index contributed by atoms with van der Waals surface area (Å²) in [5.74, 6) is 0. The molecule has 9 heterocycles. The minimum Gasteiger partial charge on any atom is -0.456 e. The Labute approximate surface area is 703 Å². The van der Waals surface area contributed by atoms with E-state index in [4.69, 9.17) is 26.5 Å². The summed E-state index contributed by atoms with van der Waals surface area (Å²) in [4.78, 5) is 0. The third-order valence-corrected chi connectivity index (χ3v) is 25.5. The van der Waals surface area contributed by atoms with Crippen LogP contribution in [0.3, 0.4) is 0 Å². The molecule has 0 saturated heterocycles. The van der Waals surface area contributed by atoms with Gasteiger partial charge in [-0.1, -0.05) is 228 Å². The van der Waals surface area contributed by atoms with Crippen LogP contribution in [0.2, 0.25) is 0 Å². The zero-order chi connectivity index (χ0) is 81.7. The third-order valence-electron chi connectivity index (χ3n) is 25.5. The van der Waals surface area contributed by atoms with Crippen LogP contribution in [0.1, 0.15) is 33.4 Å². The first kappa shape index (κ1) is 70.2. The zero-order valence-corrected chi connectivity index (χ0v) is 68.2. The predicted octanol–water partition coefficient (Wildman–Crippen LogP) is 32.6. The summed E-state index contributed by atoms with van der Waals surface area (Å²) in [5, 5.41) is 21.0. The molecule has 123 heavy (non-hydrogen) atoms. The molecule has 0 spiro atoms. The lowest BCUT2D eigenvalue weighted by Gasteiger charge is -2.09. The van der Waals surface area contributed by atoms with Crippen molar-refractivity contribution in [1.29, 1.82) is 0 Å². The fourth-order valence-corrected chi connectivity index (χ4v) is 20.0. The van der Waals surface area contributed by atoms with Gasteiger partial charge in [0, 0.05) is 103 Å². The molecular formula is C114H75N3O6. The molecule has 18 aromatic carbocycles. The molecule has 9 aromatic heterocycles. The maximum absolute atomic E-state index is 6.73. The zero-order valence-electron chi connectivity index (χ0n) is 68.2. The Morgan fingerprint density at radius 3 is 0.878 bits per heavy atom. The summed E-state index contributed by atoms with van der Waals surface area (Å²) >= 11 is 0. The first-order valence-electron chi connectivity index (χ1n) is 42.1. The predicted molar refractivity (Wildman–Crippen MR) is 511 cm³/mol. The average molecular weight is 1580 g/mol. The summed E-state index contributed by atoms with van der Waals surface area (Å²) in [7, 11) is 0. The van der Waals surface area contributed by atoms with E-state index < -0.39 is 0 Å². The molecule has 9 nitrogen and oxygen atoms in total. The second-order valence-electron chi connectivity index (χ2n) is 33.3. The summed E-state index contributed by atoms with van der Waals surface area (Å²) in [6, 6.07) is 123. The summed E-state index contributed by atoms with van der Waals surface area (Å²) in [5.41, 5.74) is 35.2. The van der Waals surface area contributed by atoms with Gasteiger partial charge in [-0.05, 0) is 221 Å². The van der Waals surface area contributed by atoms with Crippen molar-refractivity contribution in [2.45, 2.75) is 41.5 Å². The van der Waals surface area contributed by atoms with Crippen LogP contribution in [-0.4, -0.2) is 13.7 Å². The number of rotatable bonds is 6. The summed E-state index contributed by atoms with van der Waals surface area (Å²) in [6.45, 7) is 12.9. The lowest BCUT2D eigenvalue weighted by molar-refractivity contribution is 0.666. The molecule has 0 unspecified atom stereocenters. The Morgan fingerprint density at radius 1 is 0.163 bits per heavy atom. The minimum absolute atomic E-state index is 0.866. The van der Waals surface area contributed by atoms with Gasteiger partial charge in [0.05, 0.1) is 50.2 Å². The van der Waals surface area contributed by atoms with Crippen molar-refractivity contribution >= 4 is 197 Å². The molecule has 582 valence electrons. The van der Waals surface area contributed by atoms with Gasteiger partial charge >= 0.3 is 0 Å². The van der Waals surface area contributed by atoms with E-state index in [9.17, 15) is 0 Å². The molecule has 0 N–H and O–H groups in total. The molecule has 0 aliphatic carbocycles. The van der Waals surface area contributed by atoms with Gasteiger partial charge in [-0.15, -0.1) is 0 Å². The maximum atomic E-state index is 6.73. The van der Waals surface area contributed by atoms with Crippen molar-refractivity contribution in [1.82, 2.24) is 13.7 Å². The molecule has 0 saturated carbocycles. The number of hydrogen-bond acceptors (Lipinski definition) is 6. The van der Waals surface area contributed by atoms with Gasteiger partial charge in [0.15, 0.2) is 16.7 Å². The molecule has 0 aliphatic rings. The molecule has 0 atom stereocenters. The van der Waals surface area contributed by atoms with E-state index >= 15 is 0 Å². The minimum atomic E-state index is 0.866. The molecule has 0 bridgehead atoms. The number of hydrogen-bond donors (Lipinski definition) is 0. The van der Waals surface area contributed by atoms with E-state index in [1.54, 1.807) is 0 Å². The lowest BCUT2D eigenvalue weighted by atomic mass is 9.97. The van der Waals surface area contributed by atoms with E-state index in [1.807, 2.05) is 36.4 Å². The van der Waals surface area contributed by atoms with Crippen LogP contribution in [-0.2, 0) is 0 Å². The molecule has 0 fully saturated rings. The van der Waals surface area contributed by atoms with Crippen molar-refractivity contribution in [3.8, 4) is 50.4 Å². The van der Waals surface area contributed by atoms with Crippen LogP contribution < -0.4 is 0 Å². The standard InChI is InChI=1S/3C38H25NO2/c1-22-16-18-31-29(20-22)30-21-23(2)17-19-32(30)39(31)33-13-6-12-28-36-25(9-7-15-35(36)41-38(28)33)27-11-5-10-26-24-8-3-4-14-34(24)40-37(26)27;1-22-13-17-31-29(19-22)30-20-23(2)14-18-32(30)39(31)33-10-5-9-28-37-25(8-6-12-35(37)41-38(28)33)24-15-16-27-26-7-3-4-11-34(26)40-36(27)21-24;1-22-13-16-31-28(19-22)29-20-23(2)14-17-32(29)39(31)33-10-5-9-27-37-25(8-6-12-36(37)41-38(27)33)24-15-18-35-30(21-24)26-7-3-4-11-34(26)40-35/h3*3-21H,1-2H3. The van der Waals surface area contributed by atoms with Gasteiger partial charge in [0.1, 0.15) is 50.2 Å². The number of nitrogens with zero attached hydrogens (tertiary/aromatic N) is 3. The summed E-state index contributed by atoms with van der Waals surface area (Å²) in [6.07, 6.45) is 0. The highest BCUT2D eigenvalue weighted by atomic mass is 16.4. The monoisotopic (exact) mass is 1580 g/mol. The first-order valence-corrected chi connectivity index (χ1v) is 42.1. The van der Waals surface area contributed by atoms with Crippen LogP contribution in [0.4, 0.5) is 0 Å². The topological polar surface area (TPSA) is 93.6 Å². The van der Waals surface area contributed by atoms with Crippen molar-refractivity contribution in [2.75, 3.05) is 0 Å². The fraction of sp³-hybridized carbons (Fsp3) is 0.0526. The Kier molecular flexibility index (Phi) is 15.3. The number of fused-ring (bicyclic) bond motifs is 27. The van der Waals surface area contributed by atoms with Crippen LogP contribution in [0, 0.1) is 41.5 Å². The van der Waals surface area contributed by atoms with Crippen LogP contribution >= 0.6 is 0 Å². The number of benzene rings is 18. The SMILES string of the molecule is Cc1ccc2c(c1)c1cc(C)ccc1n2-c1cccc2c1oc1cccc(-c3ccc4c(c3)oc3ccccc34)c12.Cc1ccc2c(c1)c1cc(C)ccc1n2-c1cccc2c1oc1cccc(-c3ccc4oc5ccccc5c4c3)c12.Cc1ccc2c(c1)c1cc(C)ccc1n2-c1cccc2c1oc1cccc(-c3cccc4c3oc3ccccc34)c12. The maximum Gasteiger partial charge on any atom is 0.159 e. The van der Waals surface area contributed by atoms with Crippen molar-refractivity contribution in [3.05, 3.63) is 379 Å². The molecule has 27 aromatic rings. The van der Waals surface area contributed by atoms with Gasteiger partial charge in [-0.2, -0.15) is 0 Å². The van der Waals surface area contributed by atoms with Crippen LogP contribution in [0.15, 0.2) is 372 Å². The average Bonchev–Trinajstić information content (AvgIpc) is 1.57. The van der Waals surface area contributed by atoms with E-state index in [1.165, 1.54) is 98.8 Å². The Bertz CT molecular complexity index is 8990. The Balaban J connectivity index is 0.000000101. The first-order chi connectivity index (χ1) is 60.4. The fourth-order valence-electron chi connectivity index (χ4n) is 20.0. The van der Waals surface area contributed by atoms with Crippen molar-refractivity contribution in [2.24, 2.45) is 0 Å². The largest absolute Gasteiger partial charge is 0.456 e. The molecular weight excluding hydrogens is 1510 g/mol. The lowest BCUT2D eigenvalue weighted by Crippen LogP contribution is -1.94.